The molecule has 0 atom stereocenters. The second-order valence-electron chi connectivity index (χ2n) is 4.65. The minimum Gasteiger partial charge on any atom is -0.311 e. The van der Waals surface area contributed by atoms with Gasteiger partial charge in [-0.1, -0.05) is 13.3 Å². The number of nitrogens with one attached hydrogen (secondary N) is 1. The van der Waals surface area contributed by atoms with Crippen LogP contribution in [0.2, 0.25) is 0 Å². The maximum absolute atomic E-state index is 4.37. The van der Waals surface area contributed by atoms with E-state index >= 15 is 0 Å². The molecule has 0 saturated carbocycles. The van der Waals surface area contributed by atoms with Gasteiger partial charge in [-0.15, -0.1) is 11.3 Å². The fourth-order valence-corrected chi connectivity index (χ4v) is 3.06. The molecule has 1 saturated heterocycles. The maximum atomic E-state index is 4.37. The highest BCUT2D eigenvalue weighted by Crippen LogP contribution is 2.12. The molecule has 96 valence electrons. The molecule has 2 heterocycles. The lowest BCUT2D eigenvalue weighted by atomic mass is 10.1. The average molecular weight is 253 g/mol. The van der Waals surface area contributed by atoms with Crippen molar-refractivity contribution in [2.45, 2.75) is 39.2 Å². The SMILES string of the molecule is CCc1ncc(CNCCN2CCCCC2)s1. The predicted octanol–water partition coefficient (Wildman–Crippen LogP) is 2.28. The maximum Gasteiger partial charge on any atom is 0.0925 e. The van der Waals surface area contributed by atoms with Crippen LogP contribution in [0, 0.1) is 0 Å². The normalized spacial score (nSPS) is 17.5. The molecule has 3 nitrogen and oxygen atoms in total. The fourth-order valence-electron chi connectivity index (χ4n) is 2.22. The lowest BCUT2D eigenvalue weighted by Gasteiger charge is -2.26. The Morgan fingerprint density at radius 1 is 1.35 bits per heavy atom. The zero-order valence-corrected chi connectivity index (χ0v) is 11.6. The fraction of sp³-hybridized carbons (Fsp3) is 0.769. The van der Waals surface area contributed by atoms with Crippen molar-refractivity contribution in [1.82, 2.24) is 15.2 Å². The first-order valence-electron chi connectivity index (χ1n) is 6.75. The van der Waals surface area contributed by atoms with Crippen LogP contribution >= 0.6 is 11.3 Å². The Labute approximate surface area is 108 Å². The summed E-state index contributed by atoms with van der Waals surface area (Å²) in [6.45, 7) is 8.02. The quantitative estimate of drug-likeness (QED) is 0.788. The molecule has 0 unspecified atom stereocenters. The average Bonchev–Trinajstić information content (AvgIpc) is 2.84. The monoisotopic (exact) mass is 253 g/mol. The Kier molecular flexibility index (Phi) is 5.42. The zero-order chi connectivity index (χ0) is 11.9. The highest BCUT2D eigenvalue weighted by molar-refractivity contribution is 7.11. The van der Waals surface area contributed by atoms with Crippen molar-refractivity contribution < 1.29 is 0 Å². The van der Waals surface area contributed by atoms with Crippen LogP contribution in [0.25, 0.3) is 0 Å². The number of likely N-dealkylation sites (tertiary alicyclic amines) is 1. The molecule has 0 spiro atoms. The van der Waals surface area contributed by atoms with Gasteiger partial charge in [0.1, 0.15) is 0 Å². The summed E-state index contributed by atoms with van der Waals surface area (Å²) in [6, 6.07) is 0. The number of nitrogens with zero attached hydrogens (tertiary/aromatic N) is 2. The zero-order valence-electron chi connectivity index (χ0n) is 10.7. The summed E-state index contributed by atoms with van der Waals surface area (Å²) in [4.78, 5) is 8.30. The van der Waals surface area contributed by atoms with Gasteiger partial charge in [-0.2, -0.15) is 0 Å². The third kappa shape index (κ3) is 4.37. The van der Waals surface area contributed by atoms with Crippen molar-refractivity contribution in [2.24, 2.45) is 0 Å². The van der Waals surface area contributed by atoms with E-state index in [2.05, 4.69) is 22.1 Å². The van der Waals surface area contributed by atoms with Crippen molar-refractivity contribution >= 4 is 11.3 Å². The van der Waals surface area contributed by atoms with Gasteiger partial charge in [0, 0.05) is 30.7 Å². The van der Waals surface area contributed by atoms with Gasteiger partial charge in [0.15, 0.2) is 0 Å². The molecule has 0 radical (unpaired) electrons. The molecular formula is C13H23N3S. The highest BCUT2D eigenvalue weighted by Gasteiger charge is 2.08. The van der Waals surface area contributed by atoms with Crippen molar-refractivity contribution in [2.75, 3.05) is 26.2 Å². The molecule has 0 bridgehead atoms. The lowest BCUT2D eigenvalue weighted by Crippen LogP contribution is -2.35. The van der Waals surface area contributed by atoms with Crippen LogP contribution in [-0.4, -0.2) is 36.1 Å². The Morgan fingerprint density at radius 3 is 2.88 bits per heavy atom. The minimum absolute atomic E-state index is 0.978. The van der Waals surface area contributed by atoms with E-state index < -0.39 is 0 Å². The van der Waals surface area contributed by atoms with Crippen LogP contribution in [-0.2, 0) is 13.0 Å². The van der Waals surface area contributed by atoms with Crippen LogP contribution in [0.1, 0.15) is 36.1 Å². The Balaban J connectivity index is 1.59. The van der Waals surface area contributed by atoms with E-state index in [1.807, 2.05) is 17.5 Å². The van der Waals surface area contributed by atoms with Gasteiger partial charge >= 0.3 is 0 Å². The summed E-state index contributed by atoms with van der Waals surface area (Å²) < 4.78 is 0. The summed E-state index contributed by atoms with van der Waals surface area (Å²) in [5.74, 6) is 0. The molecule has 1 aromatic heterocycles. The molecular weight excluding hydrogens is 230 g/mol. The molecule has 4 heteroatoms. The molecule has 0 amide bonds. The molecule has 1 aliphatic rings. The van der Waals surface area contributed by atoms with Gasteiger partial charge < -0.3 is 10.2 Å². The third-order valence-electron chi connectivity index (χ3n) is 3.26. The van der Waals surface area contributed by atoms with Gasteiger partial charge in [0.25, 0.3) is 0 Å². The second-order valence-corrected chi connectivity index (χ2v) is 5.85. The minimum atomic E-state index is 0.978. The van der Waals surface area contributed by atoms with E-state index in [9.17, 15) is 0 Å². The molecule has 0 aromatic carbocycles. The Hall–Kier alpha value is -0.450. The number of rotatable bonds is 6. The van der Waals surface area contributed by atoms with E-state index in [1.165, 1.54) is 48.8 Å². The topological polar surface area (TPSA) is 28.2 Å². The number of piperidine rings is 1. The molecule has 1 aliphatic heterocycles. The van der Waals surface area contributed by atoms with Gasteiger partial charge in [0.2, 0.25) is 0 Å². The summed E-state index contributed by atoms with van der Waals surface area (Å²) in [6.07, 6.45) is 7.25. The number of hydrogen-bond donors (Lipinski definition) is 1. The summed E-state index contributed by atoms with van der Waals surface area (Å²) in [5, 5.41) is 4.76. The smallest absolute Gasteiger partial charge is 0.0925 e. The Bertz CT molecular complexity index is 318. The molecule has 2 rings (SSSR count). The van der Waals surface area contributed by atoms with Crippen molar-refractivity contribution in [1.29, 1.82) is 0 Å². The van der Waals surface area contributed by atoms with Gasteiger partial charge in [0.05, 0.1) is 5.01 Å². The number of aromatic nitrogens is 1. The first-order chi connectivity index (χ1) is 8.38. The van der Waals surface area contributed by atoms with Gasteiger partial charge in [-0.3, -0.25) is 0 Å². The van der Waals surface area contributed by atoms with E-state index in [1.54, 1.807) is 0 Å². The second kappa shape index (κ2) is 7.09. The lowest BCUT2D eigenvalue weighted by molar-refractivity contribution is 0.229. The van der Waals surface area contributed by atoms with Gasteiger partial charge in [-0.05, 0) is 32.4 Å². The molecule has 0 aliphatic carbocycles. The molecule has 17 heavy (non-hydrogen) atoms. The first-order valence-corrected chi connectivity index (χ1v) is 7.57. The standard InChI is InChI=1S/C13H23N3S/c1-2-13-15-11-12(17-13)10-14-6-9-16-7-4-3-5-8-16/h11,14H,2-10H2,1H3. The van der Waals surface area contributed by atoms with Crippen molar-refractivity contribution in [3.05, 3.63) is 16.1 Å². The van der Waals surface area contributed by atoms with Crippen LogP contribution < -0.4 is 5.32 Å². The number of hydrogen-bond acceptors (Lipinski definition) is 4. The summed E-state index contributed by atoms with van der Waals surface area (Å²) >= 11 is 1.83. The number of aryl methyl sites for hydroxylation is 1. The molecule has 1 N–H and O–H groups in total. The highest BCUT2D eigenvalue weighted by atomic mass is 32.1. The largest absolute Gasteiger partial charge is 0.311 e. The van der Waals surface area contributed by atoms with Crippen LogP contribution in [0.15, 0.2) is 6.20 Å². The van der Waals surface area contributed by atoms with Crippen molar-refractivity contribution in [3.8, 4) is 0 Å². The molecule has 1 fully saturated rings. The van der Waals surface area contributed by atoms with E-state index in [0.717, 1.165) is 19.5 Å². The third-order valence-corrected chi connectivity index (χ3v) is 4.40. The first kappa shape index (κ1) is 13.0. The van der Waals surface area contributed by atoms with Crippen molar-refractivity contribution in [3.63, 3.8) is 0 Å². The predicted molar refractivity (Wildman–Crippen MR) is 73.5 cm³/mol. The Morgan fingerprint density at radius 2 is 2.18 bits per heavy atom. The number of thiazole rings is 1. The van der Waals surface area contributed by atoms with Crippen LogP contribution in [0.4, 0.5) is 0 Å². The van der Waals surface area contributed by atoms with E-state index in [-0.39, 0.29) is 0 Å². The van der Waals surface area contributed by atoms with Gasteiger partial charge in [-0.25, -0.2) is 4.98 Å². The van der Waals surface area contributed by atoms with E-state index in [4.69, 9.17) is 0 Å². The molecule has 1 aromatic rings. The summed E-state index contributed by atoms with van der Waals surface area (Å²) in [5.41, 5.74) is 0. The van der Waals surface area contributed by atoms with E-state index in [0.29, 0.717) is 0 Å². The van der Waals surface area contributed by atoms with Crippen LogP contribution in [0.5, 0.6) is 0 Å². The van der Waals surface area contributed by atoms with Crippen LogP contribution in [0.3, 0.4) is 0 Å². The summed E-state index contributed by atoms with van der Waals surface area (Å²) in [7, 11) is 0.